The maximum absolute atomic E-state index is 8.47. The summed E-state index contributed by atoms with van der Waals surface area (Å²) in [6.07, 6.45) is 2.34. The molecule has 1 heterocycles. The minimum absolute atomic E-state index is 0.448. The van der Waals surface area contributed by atoms with Crippen LogP contribution in [0.5, 0.6) is 0 Å². The molecule has 1 atom stereocenters. The van der Waals surface area contributed by atoms with Crippen molar-refractivity contribution in [3.8, 4) is 6.07 Å². The van der Waals surface area contributed by atoms with E-state index in [-0.39, 0.29) is 0 Å². The molecule has 0 bridgehead atoms. The van der Waals surface area contributed by atoms with Gasteiger partial charge in [0.15, 0.2) is 5.69 Å². The van der Waals surface area contributed by atoms with Crippen LogP contribution in [0.3, 0.4) is 0 Å². The summed E-state index contributed by atoms with van der Waals surface area (Å²) in [5.74, 6) is 0. The van der Waals surface area contributed by atoms with Crippen molar-refractivity contribution in [2.24, 2.45) is 0 Å². The maximum atomic E-state index is 8.47. The second-order valence-electron chi connectivity index (χ2n) is 1.47. The Labute approximate surface area is 81.2 Å². The normalized spacial score (nSPS) is 10.5. The number of hydrogen-bond acceptors (Lipinski definition) is 2. The highest BCUT2D eigenvalue weighted by molar-refractivity contribution is 14.2. The Kier molecular flexibility index (Phi) is 3.08. The molecule has 0 aliphatic heterocycles. The van der Waals surface area contributed by atoms with E-state index in [1.54, 1.807) is 10.6 Å². The van der Waals surface area contributed by atoms with Crippen LogP contribution in [0.2, 0.25) is 0 Å². The molecule has 0 spiro atoms. The van der Waals surface area contributed by atoms with Gasteiger partial charge in [-0.1, -0.05) is 0 Å². The van der Waals surface area contributed by atoms with Crippen molar-refractivity contribution in [3.05, 3.63) is 16.4 Å². The molecule has 3 nitrogen and oxygen atoms in total. The molecule has 6 heteroatoms. The van der Waals surface area contributed by atoms with Crippen molar-refractivity contribution in [3.63, 3.8) is 0 Å². The second-order valence-corrected chi connectivity index (χ2v) is 4.40. The number of nitrogens with zero attached hydrogens (tertiary/aromatic N) is 3. The highest BCUT2D eigenvalue weighted by Crippen LogP contribution is 2.25. The van der Waals surface area contributed by atoms with Gasteiger partial charge >= 0.3 is 0 Å². The van der Waals surface area contributed by atoms with Gasteiger partial charge in [-0.15, -0.1) is 0 Å². The Bertz CT molecular complexity index is 279. The van der Waals surface area contributed by atoms with Gasteiger partial charge in [-0.25, -0.2) is 4.45 Å². The first kappa shape index (κ1) is 8.44. The lowest BCUT2D eigenvalue weighted by Crippen LogP contribution is -1.80. The van der Waals surface area contributed by atoms with Gasteiger partial charge in [-0.05, 0) is 38.0 Å². The largest absolute Gasteiger partial charge is 0.243 e. The molecule has 0 saturated heterocycles. The fraction of sp³-hybridized carbons (Fsp3) is 0. The Morgan fingerprint density at radius 3 is 2.90 bits per heavy atom. The van der Waals surface area contributed by atoms with Gasteiger partial charge in [0, 0.05) is 6.20 Å². The fourth-order valence-corrected chi connectivity index (χ4v) is 2.08. The van der Waals surface area contributed by atoms with E-state index in [9.17, 15) is 0 Å². The Morgan fingerprint density at radius 2 is 2.60 bits per heavy atom. The van der Waals surface area contributed by atoms with Crippen LogP contribution in [0.4, 0.5) is 0 Å². The molecule has 1 aromatic rings. The Hall–Kier alpha value is 0.340. The van der Waals surface area contributed by atoms with Gasteiger partial charge < -0.3 is 0 Å². The summed E-state index contributed by atoms with van der Waals surface area (Å²) in [6.45, 7) is 0. The van der Waals surface area contributed by atoms with E-state index in [0.717, 1.165) is 4.47 Å². The van der Waals surface area contributed by atoms with Crippen LogP contribution >= 0.6 is 44.3 Å². The molecule has 52 valence electrons. The van der Waals surface area contributed by atoms with Crippen LogP contribution in [0.15, 0.2) is 10.7 Å². The van der Waals surface area contributed by atoms with Crippen molar-refractivity contribution in [1.29, 1.82) is 5.26 Å². The van der Waals surface area contributed by atoms with E-state index in [2.05, 4.69) is 43.1 Å². The van der Waals surface area contributed by atoms with E-state index in [1.165, 1.54) is 0 Å². The first-order chi connectivity index (χ1) is 4.77. The molecule has 1 aromatic heterocycles. The average Bonchev–Trinajstić information content (AvgIpc) is 2.30. The molecule has 0 aliphatic rings. The number of hydrogen-bond donors (Lipinski definition) is 0. The number of rotatable bonds is 1. The number of halogens is 2. The standard InChI is InChI=1S/C4H2BrIN3P/c5-3-2-9(10-6)8-4(3)1-7/h2,10H. The van der Waals surface area contributed by atoms with E-state index in [0.29, 0.717) is 12.1 Å². The zero-order valence-electron chi connectivity index (χ0n) is 4.67. The summed E-state index contributed by atoms with van der Waals surface area (Å²) >= 11 is 5.41. The summed E-state index contributed by atoms with van der Waals surface area (Å²) in [4.78, 5) is 0. The minimum atomic E-state index is 0.448. The average molecular weight is 330 g/mol. The minimum Gasteiger partial charge on any atom is -0.243 e. The zero-order valence-corrected chi connectivity index (χ0v) is 9.42. The van der Waals surface area contributed by atoms with Crippen molar-refractivity contribution in [2.45, 2.75) is 0 Å². The summed E-state index contributed by atoms with van der Waals surface area (Å²) in [5, 5.41) is 12.4. The Morgan fingerprint density at radius 1 is 1.90 bits per heavy atom. The molecule has 1 unspecified atom stereocenters. The van der Waals surface area contributed by atoms with E-state index in [4.69, 9.17) is 5.26 Å². The summed E-state index contributed by atoms with van der Waals surface area (Å²) in [7, 11) is 0. The van der Waals surface area contributed by atoms with Crippen molar-refractivity contribution < 1.29 is 0 Å². The van der Waals surface area contributed by atoms with Crippen LogP contribution in [-0.4, -0.2) is 9.55 Å². The van der Waals surface area contributed by atoms with Crippen LogP contribution in [0.25, 0.3) is 0 Å². The van der Waals surface area contributed by atoms with Crippen LogP contribution in [-0.2, 0) is 0 Å². The lowest BCUT2D eigenvalue weighted by molar-refractivity contribution is 0.998. The summed E-state index contributed by atoms with van der Waals surface area (Å²) in [5.41, 5.74) is 0.448. The summed E-state index contributed by atoms with van der Waals surface area (Å²) in [6, 6.07) is 1.97. The second kappa shape index (κ2) is 3.65. The van der Waals surface area contributed by atoms with Crippen molar-refractivity contribution in [2.75, 3.05) is 0 Å². The van der Waals surface area contributed by atoms with Crippen LogP contribution in [0.1, 0.15) is 5.69 Å². The molecule has 0 aliphatic carbocycles. The van der Waals surface area contributed by atoms with Crippen molar-refractivity contribution in [1.82, 2.24) is 9.55 Å². The van der Waals surface area contributed by atoms with Gasteiger partial charge in [0.25, 0.3) is 0 Å². The first-order valence-corrected chi connectivity index (χ1v) is 7.15. The third-order valence-corrected chi connectivity index (χ3v) is 3.33. The molecular formula is C4H2BrIN3P. The molecule has 0 saturated carbocycles. The van der Waals surface area contributed by atoms with Gasteiger partial charge in [0.1, 0.15) is 6.07 Å². The molecule has 0 amide bonds. The van der Waals surface area contributed by atoms with Crippen molar-refractivity contribution >= 4 is 44.3 Å². The molecule has 0 N–H and O–H groups in total. The molecule has 10 heavy (non-hydrogen) atoms. The lowest BCUT2D eigenvalue weighted by Gasteiger charge is -1.86. The quantitative estimate of drug-likeness (QED) is 0.586. The monoisotopic (exact) mass is 329 g/mol. The first-order valence-electron chi connectivity index (χ1n) is 2.30. The molecular weight excluding hydrogens is 328 g/mol. The Balaban J connectivity index is 3.07. The SMILES string of the molecule is N#Cc1nn(PI)cc1Br. The molecule has 1 rings (SSSR count). The molecule has 0 radical (unpaired) electrons. The summed E-state index contributed by atoms with van der Waals surface area (Å²) < 4.78 is 2.49. The number of nitriles is 1. The predicted molar refractivity (Wildman–Crippen MR) is 52.4 cm³/mol. The van der Waals surface area contributed by atoms with E-state index >= 15 is 0 Å². The van der Waals surface area contributed by atoms with Crippen LogP contribution in [0, 0.1) is 11.3 Å². The van der Waals surface area contributed by atoms with Crippen LogP contribution < -0.4 is 0 Å². The maximum Gasteiger partial charge on any atom is 0.176 e. The van der Waals surface area contributed by atoms with E-state index in [1.807, 2.05) is 6.07 Å². The topological polar surface area (TPSA) is 41.6 Å². The lowest BCUT2D eigenvalue weighted by atomic mass is 10.5. The molecule has 0 aromatic carbocycles. The van der Waals surface area contributed by atoms with E-state index < -0.39 is 0 Å². The third kappa shape index (κ3) is 1.68. The van der Waals surface area contributed by atoms with Gasteiger partial charge in [-0.2, -0.15) is 10.4 Å². The molecule has 0 fully saturated rings. The third-order valence-electron chi connectivity index (χ3n) is 0.862. The smallest absolute Gasteiger partial charge is 0.176 e. The van der Waals surface area contributed by atoms with Gasteiger partial charge in [-0.3, -0.25) is 0 Å². The highest BCUT2D eigenvalue weighted by Gasteiger charge is 2.02. The van der Waals surface area contributed by atoms with Gasteiger partial charge in [0.2, 0.25) is 0 Å². The number of aromatic nitrogens is 2. The zero-order chi connectivity index (χ0) is 7.56. The highest BCUT2D eigenvalue weighted by atomic mass is 127. The predicted octanol–water partition coefficient (Wildman–Crippen LogP) is 2.31. The van der Waals surface area contributed by atoms with Gasteiger partial charge in [0.05, 0.1) is 10.8 Å². The fourth-order valence-electron chi connectivity index (χ4n) is 0.472.